The summed E-state index contributed by atoms with van der Waals surface area (Å²) >= 11 is 6.65. The highest BCUT2D eigenvalue weighted by Crippen LogP contribution is 2.18. The van der Waals surface area contributed by atoms with Gasteiger partial charge in [-0.3, -0.25) is 9.69 Å². The Morgan fingerprint density at radius 3 is 2.82 bits per heavy atom. The molecule has 2 rings (SSSR count). The van der Waals surface area contributed by atoms with Gasteiger partial charge in [0.1, 0.15) is 10.1 Å². The van der Waals surface area contributed by atoms with Crippen LogP contribution in [-0.4, -0.2) is 34.0 Å². The maximum absolute atomic E-state index is 11.8. The Hall–Kier alpha value is -1.07. The molecule has 5 heteroatoms. The second kappa shape index (κ2) is 6.02. The first-order chi connectivity index (χ1) is 8.27. The van der Waals surface area contributed by atoms with Crippen molar-refractivity contribution in [2.24, 2.45) is 0 Å². The van der Waals surface area contributed by atoms with Gasteiger partial charge in [0, 0.05) is 12.3 Å². The highest BCUT2D eigenvalue weighted by atomic mass is 32.2. The minimum absolute atomic E-state index is 0.0518. The third-order valence-electron chi connectivity index (χ3n) is 2.39. The van der Waals surface area contributed by atoms with E-state index in [-0.39, 0.29) is 5.91 Å². The molecule has 17 heavy (non-hydrogen) atoms. The number of amides is 1. The van der Waals surface area contributed by atoms with Gasteiger partial charge in [0.15, 0.2) is 0 Å². The lowest BCUT2D eigenvalue weighted by atomic mass is 10.3. The lowest BCUT2D eigenvalue weighted by molar-refractivity contribution is -0.127. The molecule has 0 unspecified atom stereocenters. The maximum atomic E-state index is 11.8. The summed E-state index contributed by atoms with van der Waals surface area (Å²) in [5.41, 5.74) is 0. The Morgan fingerprint density at radius 1 is 1.41 bits per heavy atom. The SMILES string of the molecule is O=C(CCOc1ccccc1)N1CCSC1=S. The molecule has 90 valence electrons. The number of rotatable bonds is 4. The second-order valence-corrected chi connectivity index (χ2v) is 5.30. The van der Waals surface area contributed by atoms with E-state index in [0.29, 0.717) is 17.3 Å². The predicted octanol–water partition coefficient (Wildman–Crippen LogP) is 2.32. The van der Waals surface area contributed by atoms with Crippen LogP contribution < -0.4 is 4.74 Å². The molecule has 1 aliphatic heterocycles. The van der Waals surface area contributed by atoms with E-state index < -0.39 is 0 Å². The molecule has 1 aromatic rings. The van der Waals surface area contributed by atoms with E-state index in [1.807, 2.05) is 30.3 Å². The zero-order chi connectivity index (χ0) is 12.1. The number of hydrogen-bond donors (Lipinski definition) is 0. The molecule has 0 atom stereocenters. The van der Waals surface area contributed by atoms with Crippen LogP contribution in [0.15, 0.2) is 30.3 Å². The largest absolute Gasteiger partial charge is 0.493 e. The lowest BCUT2D eigenvalue weighted by Gasteiger charge is -2.14. The van der Waals surface area contributed by atoms with Crippen molar-refractivity contribution in [1.29, 1.82) is 0 Å². The standard InChI is InChI=1S/C12H13NO2S2/c14-11(13-7-9-17-12(13)16)6-8-15-10-4-2-1-3-5-10/h1-5H,6-9H2. The minimum atomic E-state index is 0.0518. The highest BCUT2D eigenvalue weighted by molar-refractivity contribution is 8.23. The molecule has 0 bridgehead atoms. The molecule has 1 heterocycles. The zero-order valence-corrected chi connectivity index (χ0v) is 10.9. The van der Waals surface area contributed by atoms with Crippen LogP contribution >= 0.6 is 24.0 Å². The van der Waals surface area contributed by atoms with Crippen molar-refractivity contribution in [3.05, 3.63) is 30.3 Å². The first-order valence-electron chi connectivity index (χ1n) is 5.42. The van der Waals surface area contributed by atoms with Crippen LogP contribution in [0.3, 0.4) is 0 Å². The molecule has 0 aliphatic carbocycles. The minimum Gasteiger partial charge on any atom is -0.493 e. The fourth-order valence-electron chi connectivity index (χ4n) is 1.53. The van der Waals surface area contributed by atoms with Crippen molar-refractivity contribution in [2.75, 3.05) is 18.9 Å². The lowest BCUT2D eigenvalue weighted by Crippen LogP contribution is -2.31. The Labute approximate surface area is 110 Å². The van der Waals surface area contributed by atoms with Crippen LogP contribution in [0, 0.1) is 0 Å². The van der Waals surface area contributed by atoms with E-state index in [9.17, 15) is 4.79 Å². The van der Waals surface area contributed by atoms with E-state index in [1.165, 1.54) is 0 Å². The topological polar surface area (TPSA) is 29.5 Å². The summed E-state index contributed by atoms with van der Waals surface area (Å²) in [6.45, 7) is 1.13. The van der Waals surface area contributed by atoms with E-state index >= 15 is 0 Å². The van der Waals surface area contributed by atoms with E-state index in [4.69, 9.17) is 17.0 Å². The smallest absolute Gasteiger partial charge is 0.231 e. The van der Waals surface area contributed by atoms with Gasteiger partial charge in [-0.25, -0.2) is 0 Å². The number of hydrogen-bond acceptors (Lipinski definition) is 4. The quantitative estimate of drug-likeness (QED) is 0.783. The first-order valence-corrected chi connectivity index (χ1v) is 6.82. The third kappa shape index (κ3) is 3.44. The molecular weight excluding hydrogens is 254 g/mol. The maximum Gasteiger partial charge on any atom is 0.231 e. The molecule has 0 spiro atoms. The molecule has 1 saturated heterocycles. The van der Waals surface area contributed by atoms with Gasteiger partial charge in [-0.1, -0.05) is 42.2 Å². The van der Waals surface area contributed by atoms with Crippen LogP contribution in [0.4, 0.5) is 0 Å². The molecule has 1 aromatic carbocycles. The van der Waals surface area contributed by atoms with Gasteiger partial charge in [0.2, 0.25) is 5.91 Å². The van der Waals surface area contributed by atoms with E-state index in [0.717, 1.165) is 18.0 Å². The molecule has 0 N–H and O–H groups in total. The van der Waals surface area contributed by atoms with Crippen LogP contribution in [0.25, 0.3) is 0 Å². The number of thioether (sulfide) groups is 1. The number of para-hydroxylation sites is 1. The molecule has 1 aliphatic rings. The van der Waals surface area contributed by atoms with Gasteiger partial charge in [-0.15, -0.1) is 0 Å². The number of thiocarbonyl (C=S) groups is 1. The van der Waals surface area contributed by atoms with Crippen LogP contribution in [0.1, 0.15) is 6.42 Å². The van der Waals surface area contributed by atoms with Crippen molar-refractivity contribution in [1.82, 2.24) is 4.90 Å². The van der Waals surface area contributed by atoms with Gasteiger partial charge in [0.05, 0.1) is 13.0 Å². The number of ether oxygens (including phenoxy) is 1. The number of carbonyl (C=O) groups is 1. The average molecular weight is 267 g/mol. The van der Waals surface area contributed by atoms with E-state index in [1.54, 1.807) is 16.7 Å². The van der Waals surface area contributed by atoms with Crippen LogP contribution in [0.2, 0.25) is 0 Å². The number of nitrogens with zero attached hydrogens (tertiary/aromatic N) is 1. The second-order valence-electron chi connectivity index (χ2n) is 3.57. The number of benzene rings is 1. The van der Waals surface area contributed by atoms with Gasteiger partial charge >= 0.3 is 0 Å². The van der Waals surface area contributed by atoms with Gasteiger partial charge < -0.3 is 4.74 Å². The van der Waals surface area contributed by atoms with Crippen molar-refractivity contribution in [3.8, 4) is 5.75 Å². The number of carbonyl (C=O) groups excluding carboxylic acids is 1. The average Bonchev–Trinajstić information content (AvgIpc) is 2.77. The Kier molecular flexibility index (Phi) is 4.39. The first kappa shape index (κ1) is 12.4. The molecule has 1 fully saturated rings. The predicted molar refractivity (Wildman–Crippen MR) is 73.3 cm³/mol. The van der Waals surface area contributed by atoms with Crippen molar-refractivity contribution < 1.29 is 9.53 Å². The summed E-state index contributed by atoms with van der Waals surface area (Å²) in [5, 5.41) is 0. The van der Waals surface area contributed by atoms with E-state index in [2.05, 4.69) is 0 Å². The Balaban J connectivity index is 1.75. The van der Waals surface area contributed by atoms with Gasteiger partial charge in [0.25, 0.3) is 0 Å². The normalized spacial score (nSPS) is 15.1. The summed E-state index contributed by atoms with van der Waals surface area (Å²) < 4.78 is 6.16. The summed E-state index contributed by atoms with van der Waals surface area (Å²) in [7, 11) is 0. The summed E-state index contributed by atoms with van der Waals surface area (Å²) in [6.07, 6.45) is 0.371. The van der Waals surface area contributed by atoms with Crippen molar-refractivity contribution >= 4 is 34.2 Å². The van der Waals surface area contributed by atoms with Crippen LogP contribution in [0.5, 0.6) is 5.75 Å². The fraction of sp³-hybridized carbons (Fsp3) is 0.333. The molecule has 0 aromatic heterocycles. The van der Waals surface area contributed by atoms with Crippen LogP contribution in [-0.2, 0) is 4.79 Å². The fourth-order valence-corrected chi connectivity index (χ4v) is 2.77. The molecule has 0 radical (unpaired) electrons. The van der Waals surface area contributed by atoms with Gasteiger partial charge in [-0.2, -0.15) is 0 Å². The highest BCUT2D eigenvalue weighted by Gasteiger charge is 2.23. The summed E-state index contributed by atoms with van der Waals surface area (Å²) in [6, 6.07) is 9.49. The Morgan fingerprint density at radius 2 is 2.18 bits per heavy atom. The molecule has 0 saturated carbocycles. The molecule has 3 nitrogen and oxygen atoms in total. The third-order valence-corrected chi connectivity index (χ3v) is 3.82. The van der Waals surface area contributed by atoms with Gasteiger partial charge in [-0.05, 0) is 12.1 Å². The molecule has 1 amide bonds. The van der Waals surface area contributed by atoms with Crippen molar-refractivity contribution in [2.45, 2.75) is 6.42 Å². The summed E-state index contributed by atoms with van der Waals surface area (Å²) in [4.78, 5) is 13.5. The molecular formula is C12H13NO2S2. The summed E-state index contributed by atoms with van der Waals surface area (Å²) in [5.74, 6) is 1.75. The zero-order valence-electron chi connectivity index (χ0n) is 9.30. The Bertz CT molecular complexity index is 408. The monoisotopic (exact) mass is 267 g/mol. The van der Waals surface area contributed by atoms with Crippen molar-refractivity contribution in [3.63, 3.8) is 0 Å².